The third-order valence-corrected chi connectivity index (χ3v) is 8.71. The number of amides is 2. The maximum absolute atomic E-state index is 12.3. The Labute approximate surface area is 171 Å². The molecule has 0 aromatic rings. The Balaban J connectivity index is 1.07. The average molecular weight is 389 g/mol. The van der Waals surface area contributed by atoms with Crippen LogP contribution in [-0.4, -0.2) is 23.9 Å². The smallest absolute Gasteiger partial charge is 0.220 e. The molecule has 0 aromatic heterocycles. The zero-order chi connectivity index (χ0) is 19.7. The van der Waals surface area contributed by atoms with Crippen molar-refractivity contribution in [2.24, 2.45) is 35.5 Å². The lowest BCUT2D eigenvalue weighted by molar-refractivity contribution is -0.124. The van der Waals surface area contributed by atoms with E-state index in [0.29, 0.717) is 36.8 Å². The van der Waals surface area contributed by atoms with Gasteiger partial charge in [-0.2, -0.15) is 0 Å². The summed E-state index contributed by atoms with van der Waals surface area (Å²) >= 11 is 0. The second-order valence-corrected chi connectivity index (χ2v) is 10.6. The van der Waals surface area contributed by atoms with E-state index in [4.69, 9.17) is 0 Å². The van der Waals surface area contributed by atoms with E-state index in [0.717, 1.165) is 36.5 Å². The molecule has 4 aliphatic rings. The van der Waals surface area contributed by atoms with Crippen molar-refractivity contribution in [2.75, 3.05) is 0 Å². The number of fused-ring (bicyclic) bond motifs is 4. The standard InChI is InChI=1S/C24H40N2O2/c1-15(21-13-17-7-9-19(21)11-17)25-23(27)5-3-4-6-24(28)26-16(2)22-14-18-8-10-20(22)12-18/h15-22H,3-14H2,1-2H3,(H,25,27)(H,26,28)/t15-,16+,17-,18-,19-,20-,21+,22-/m0/s1. The second-order valence-electron chi connectivity index (χ2n) is 10.6. The van der Waals surface area contributed by atoms with Crippen LogP contribution < -0.4 is 10.6 Å². The molecule has 2 N–H and O–H groups in total. The van der Waals surface area contributed by atoms with E-state index < -0.39 is 0 Å². The lowest BCUT2D eigenvalue weighted by atomic mass is 9.84. The predicted octanol–water partition coefficient (Wildman–Crippen LogP) is 4.43. The number of nitrogens with one attached hydrogen (secondary N) is 2. The minimum absolute atomic E-state index is 0.172. The Kier molecular flexibility index (Phi) is 6.32. The summed E-state index contributed by atoms with van der Waals surface area (Å²) in [4.78, 5) is 24.5. The largest absolute Gasteiger partial charge is 0.353 e. The molecule has 4 fully saturated rings. The summed E-state index contributed by atoms with van der Waals surface area (Å²) in [5.41, 5.74) is 0. The summed E-state index contributed by atoms with van der Waals surface area (Å²) in [6.07, 6.45) is 13.7. The Morgan fingerprint density at radius 3 is 1.46 bits per heavy atom. The summed E-state index contributed by atoms with van der Waals surface area (Å²) in [5.74, 6) is 5.28. The molecular weight excluding hydrogens is 348 g/mol. The highest BCUT2D eigenvalue weighted by molar-refractivity contribution is 5.77. The molecule has 2 amide bonds. The molecule has 0 unspecified atom stereocenters. The van der Waals surface area contributed by atoms with E-state index in [1.54, 1.807) is 0 Å². The number of unbranched alkanes of at least 4 members (excludes halogenated alkanes) is 1. The monoisotopic (exact) mass is 388 g/mol. The minimum atomic E-state index is 0.172. The Morgan fingerprint density at radius 1 is 0.714 bits per heavy atom. The zero-order valence-corrected chi connectivity index (χ0v) is 17.9. The second kappa shape index (κ2) is 8.75. The van der Waals surface area contributed by atoms with Gasteiger partial charge in [-0.05, 0) is 101 Å². The van der Waals surface area contributed by atoms with E-state index in [2.05, 4.69) is 24.5 Å². The maximum atomic E-state index is 12.3. The van der Waals surface area contributed by atoms with Crippen LogP contribution in [0.25, 0.3) is 0 Å². The summed E-state index contributed by atoms with van der Waals surface area (Å²) in [5, 5.41) is 6.48. The normalized spacial score (nSPS) is 37.8. The molecule has 0 radical (unpaired) electrons. The van der Waals surface area contributed by atoms with Crippen LogP contribution in [-0.2, 0) is 9.59 Å². The lowest BCUT2D eigenvalue weighted by Gasteiger charge is -2.28. The molecule has 4 rings (SSSR count). The first-order valence-corrected chi connectivity index (χ1v) is 12.1. The van der Waals surface area contributed by atoms with E-state index >= 15 is 0 Å². The molecule has 0 spiro atoms. The quantitative estimate of drug-likeness (QED) is 0.574. The van der Waals surface area contributed by atoms with Crippen molar-refractivity contribution in [3.8, 4) is 0 Å². The van der Waals surface area contributed by atoms with Gasteiger partial charge in [0.15, 0.2) is 0 Å². The van der Waals surface area contributed by atoms with E-state index in [-0.39, 0.29) is 11.8 Å². The van der Waals surface area contributed by atoms with Crippen LogP contribution in [0, 0.1) is 35.5 Å². The van der Waals surface area contributed by atoms with Crippen molar-refractivity contribution < 1.29 is 9.59 Å². The SMILES string of the molecule is C[C@H](NC(=O)CCCCC(=O)N[C@H](C)[C@@H]1C[C@H]2CC[C@H]1C2)[C@H]1C[C@H]2CC[C@H]1C2. The zero-order valence-electron chi connectivity index (χ0n) is 17.9. The van der Waals surface area contributed by atoms with Gasteiger partial charge >= 0.3 is 0 Å². The predicted molar refractivity (Wildman–Crippen MR) is 112 cm³/mol. The third-order valence-electron chi connectivity index (χ3n) is 8.71. The van der Waals surface area contributed by atoms with Gasteiger partial charge < -0.3 is 10.6 Å². The molecule has 0 aliphatic heterocycles. The van der Waals surface area contributed by atoms with Crippen LogP contribution in [0.2, 0.25) is 0 Å². The molecule has 4 saturated carbocycles. The molecule has 4 nitrogen and oxygen atoms in total. The number of carbonyl (C=O) groups is 2. The molecule has 28 heavy (non-hydrogen) atoms. The summed E-state index contributed by atoms with van der Waals surface area (Å²) in [6.45, 7) is 4.38. The van der Waals surface area contributed by atoms with E-state index in [1.807, 2.05) is 0 Å². The highest BCUT2D eigenvalue weighted by Gasteiger charge is 2.43. The first-order valence-electron chi connectivity index (χ1n) is 12.1. The highest BCUT2D eigenvalue weighted by atomic mass is 16.2. The molecule has 0 aromatic carbocycles. The maximum Gasteiger partial charge on any atom is 0.220 e. The average Bonchev–Trinajstić information content (AvgIpc) is 3.46. The van der Waals surface area contributed by atoms with Gasteiger partial charge in [-0.3, -0.25) is 9.59 Å². The van der Waals surface area contributed by atoms with Crippen LogP contribution in [0.15, 0.2) is 0 Å². The van der Waals surface area contributed by atoms with Crippen molar-refractivity contribution in [3.63, 3.8) is 0 Å². The first kappa shape index (κ1) is 20.2. The highest BCUT2D eigenvalue weighted by Crippen LogP contribution is 2.50. The van der Waals surface area contributed by atoms with Crippen LogP contribution in [0.3, 0.4) is 0 Å². The van der Waals surface area contributed by atoms with Crippen molar-refractivity contribution >= 4 is 11.8 Å². The number of carbonyl (C=O) groups excluding carboxylic acids is 2. The molecule has 158 valence electrons. The Hall–Kier alpha value is -1.06. The fraction of sp³-hybridized carbons (Fsp3) is 0.917. The van der Waals surface area contributed by atoms with E-state index in [9.17, 15) is 9.59 Å². The topological polar surface area (TPSA) is 58.2 Å². The Bertz CT molecular complexity index is 527. The van der Waals surface area contributed by atoms with Crippen LogP contribution in [0.1, 0.15) is 90.9 Å². The van der Waals surface area contributed by atoms with Gasteiger partial charge in [-0.15, -0.1) is 0 Å². The van der Waals surface area contributed by atoms with Gasteiger partial charge in [0, 0.05) is 24.9 Å². The van der Waals surface area contributed by atoms with Gasteiger partial charge in [0.25, 0.3) is 0 Å². The van der Waals surface area contributed by atoms with Crippen molar-refractivity contribution in [3.05, 3.63) is 0 Å². The molecule has 4 bridgehead atoms. The fourth-order valence-electron chi connectivity index (χ4n) is 7.25. The van der Waals surface area contributed by atoms with Gasteiger partial charge in [0.05, 0.1) is 0 Å². The summed E-state index contributed by atoms with van der Waals surface area (Å²) < 4.78 is 0. The molecular formula is C24H40N2O2. The van der Waals surface area contributed by atoms with Crippen LogP contribution in [0.4, 0.5) is 0 Å². The fourth-order valence-corrected chi connectivity index (χ4v) is 7.25. The summed E-state index contributed by atoms with van der Waals surface area (Å²) in [7, 11) is 0. The van der Waals surface area contributed by atoms with Gasteiger partial charge in [-0.25, -0.2) is 0 Å². The number of hydrogen-bond acceptors (Lipinski definition) is 2. The lowest BCUT2D eigenvalue weighted by Crippen LogP contribution is -2.40. The van der Waals surface area contributed by atoms with Gasteiger partial charge in [-0.1, -0.05) is 12.8 Å². The van der Waals surface area contributed by atoms with Crippen LogP contribution >= 0.6 is 0 Å². The number of rotatable bonds is 9. The molecule has 0 heterocycles. The van der Waals surface area contributed by atoms with Crippen LogP contribution in [0.5, 0.6) is 0 Å². The molecule has 4 aliphatic carbocycles. The van der Waals surface area contributed by atoms with E-state index in [1.165, 1.54) is 51.4 Å². The Morgan fingerprint density at radius 2 is 1.14 bits per heavy atom. The van der Waals surface area contributed by atoms with Crippen molar-refractivity contribution in [1.29, 1.82) is 0 Å². The van der Waals surface area contributed by atoms with Crippen molar-refractivity contribution in [2.45, 2.75) is 103 Å². The third kappa shape index (κ3) is 4.57. The first-order chi connectivity index (χ1) is 13.5. The summed E-state index contributed by atoms with van der Waals surface area (Å²) in [6, 6.07) is 0.627. The molecule has 8 atom stereocenters. The molecule has 4 heteroatoms. The molecule has 0 saturated heterocycles. The van der Waals surface area contributed by atoms with Gasteiger partial charge in [0.1, 0.15) is 0 Å². The minimum Gasteiger partial charge on any atom is -0.353 e. The van der Waals surface area contributed by atoms with Gasteiger partial charge in [0.2, 0.25) is 11.8 Å². The van der Waals surface area contributed by atoms with Crippen molar-refractivity contribution in [1.82, 2.24) is 10.6 Å². The number of hydrogen-bond donors (Lipinski definition) is 2.